The van der Waals surface area contributed by atoms with E-state index in [4.69, 9.17) is 44.6 Å². The zero-order valence-corrected chi connectivity index (χ0v) is 82.2. The summed E-state index contributed by atoms with van der Waals surface area (Å²) in [6, 6.07) is -18.2. The van der Waals surface area contributed by atoms with Gasteiger partial charge in [-0.2, -0.15) is 0 Å². The second-order valence-corrected chi connectivity index (χ2v) is 41.5. The van der Waals surface area contributed by atoms with Crippen LogP contribution in [0.4, 0.5) is 0 Å². The summed E-state index contributed by atoms with van der Waals surface area (Å²) >= 11 is 0. The van der Waals surface area contributed by atoms with Crippen molar-refractivity contribution in [3.63, 3.8) is 0 Å². The fourth-order valence-electron chi connectivity index (χ4n) is 13.7. The maximum absolute atomic E-state index is 15.6. The van der Waals surface area contributed by atoms with Gasteiger partial charge in [0, 0.05) is 67.1 Å². The molecule has 0 unspecified atom stereocenters. The lowest BCUT2D eigenvalue weighted by atomic mass is 9.97. The molecule has 49 nitrogen and oxygen atoms in total. The second-order valence-electron chi connectivity index (χ2n) is 33.8. The van der Waals surface area contributed by atoms with Gasteiger partial charge in [-0.3, -0.25) is 108 Å². The quantitative estimate of drug-likeness (QED) is 0.0187. The number of benzene rings is 1. The molecule has 4 heterocycles. The molecule has 4 saturated heterocycles. The van der Waals surface area contributed by atoms with Crippen molar-refractivity contribution in [3.05, 3.63) is 35.9 Å². The highest BCUT2D eigenvalue weighted by molar-refractivity contribution is 8.77. The minimum Gasteiger partial charge on any atom is -0.391 e. The number of carbonyl (C=O) groups excluding carboxylic acids is 18. The first-order valence-electron chi connectivity index (χ1n) is 44.5. The van der Waals surface area contributed by atoms with Crippen molar-refractivity contribution in [2.24, 2.45) is 46.6 Å². The highest BCUT2D eigenvalue weighted by Crippen LogP contribution is 2.28. The van der Waals surface area contributed by atoms with E-state index in [2.05, 4.69) is 117 Å². The number of aliphatic hydroxyl groups is 1. The van der Waals surface area contributed by atoms with Crippen molar-refractivity contribution < 1.29 is 91.4 Å². The number of guanidine groups is 4. The van der Waals surface area contributed by atoms with E-state index in [0.29, 0.717) is 5.56 Å². The Bertz CT molecular complexity index is 4340. The molecule has 0 aliphatic carbocycles. The van der Waals surface area contributed by atoms with Gasteiger partial charge in [-0.25, -0.2) is 0 Å². The summed E-state index contributed by atoms with van der Waals surface area (Å²) in [5.74, 6) is -26.1. The van der Waals surface area contributed by atoms with E-state index in [1.807, 2.05) is 0 Å². The van der Waals surface area contributed by atoms with Crippen LogP contribution in [0.1, 0.15) is 132 Å². The van der Waals surface area contributed by atoms with Gasteiger partial charge in [-0.05, 0) is 93.9 Å². The molecule has 5 rings (SSSR count). The van der Waals surface area contributed by atoms with Crippen LogP contribution >= 0.6 is 64.8 Å². The Morgan fingerprint density at radius 1 is 0.338 bits per heavy atom. The minimum atomic E-state index is -1.91. The van der Waals surface area contributed by atoms with Crippen LogP contribution in [0.5, 0.6) is 0 Å². The third-order valence-electron chi connectivity index (χ3n) is 21.4. The van der Waals surface area contributed by atoms with Crippen molar-refractivity contribution in [1.29, 1.82) is 21.6 Å². The van der Waals surface area contributed by atoms with E-state index >= 15 is 52.7 Å². The highest BCUT2D eigenvalue weighted by atomic mass is 33.1. The largest absolute Gasteiger partial charge is 0.391 e. The minimum absolute atomic E-state index is 0.00254. The zero-order valence-electron chi connectivity index (χ0n) is 77.3. The van der Waals surface area contributed by atoms with Crippen LogP contribution < -0.4 is 140 Å². The molecule has 18 atom stereocenters. The van der Waals surface area contributed by atoms with Crippen molar-refractivity contribution in [2.45, 2.75) is 236 Å². The molecule has 136 heavy (non-hydrogen) atoms. The van der Waals surface area contributed by atoms with E-state index in [-0.39, 0.29) is 96.8 Å². The van der Waals surface area contributed by atoms with Gasteiger partial charge in [0.15, 0.2) is 23.8 Å². The van der Waals surface area contributed by atoms with Crippen LogP contribution in [0.25, 0.3) is 0 Å². The van der Waals surface area contributed by atoms with Gasteiger partial charge in [-0.15, -0.1) is 0 Å². The summed E-state index contributed by atoms with van der Waals surface area (Å²) in [6.45, 7) is 12.2. The lowest BCUT2D eigenvalue weighted by molar-refractivity contribution is -0.137. The fraction of sp³-hybridized carbons (Fsp3) is 0.654. The Balaban J connectivity index is 1.83. The van der Waals surface area contributed by atoms with Gasteiger partial charge < -0.3 is 145 Å². The number of nitrogens with one attached hydrogen (secondary N) is 26. The molecule has 0 spiro atoms. The average Bonchev–Trinajstić information content (AvgIpc) is 0.838. The molecule has 1 aromatic rings. The first-order valence-corrected chi connectivity index (χ1v) is 52.0. The number of aliphatic hydroxyl groups excluding tert-OH is 1. The monoisotopic (exact) mass is 2020 g/mol. The number of hydrogen-bond donors (Lipinski definition) is 31. The third kappa shape index (κ3) is 41.4. The van der Waals surface area contributed by atoms with E-state index < -0.39 is 304 Å². The molecule has 4 fully saturated rings. The SMILES string of the molecule is CC[C@H](C)[C@@H]1NC(=O)[C@@H]2CSSC[C@H](NC(=O)[C@H](C(C)C)NC(=O)[C@@H]3CSSC[C@H](NC1=O)C(=O)N[C@@H]([C@@H](C)O)C(=O)N[C@@H](CCCNC(=N)N)C(=O)NCC(=O)N[C@@H](Cc1ccccc1)C(=O)N3)C(=O)N[C@@H](CC(C)C)C(=O)N[C@H]1CSSC[C@H](NC(=O)[C@H](C(C)C)NC(=O)CNC(=O)[C@H](CCCNC(=N)N)NC(=O)[C@H](CCCNC(=N)N)NC1=O)C(=O)N[C@@H](CCCNC(=N)N)C(=O)N2. The Hall–Kier alpha value is -11.2. The summed E-state index contributed by atoms with van der Waals surface area (Å²) < 4.78 is 0. The number of fused-ring (bicyclic) bond motifs is 15. The highest BCUT2D eigenvalue weighted by Gasteiger charge is 2.42. The van der Waals surface area contributed by atoms with Gasteiger partial charge in [-0.1, -0.05) is 157 Å². The molecule has 1 aromatic carbocycles. The van der Waals surface area contributed by atoms with Gasteiger partial charge >= 0.3 is 0 Å². The molecule has 0 aromatic heterocycles. The van der Waals surface area contributed by atoms with E-state index in [1.54, 1.807) is 71.9 Å². The second kappa shape index (κ2) is 59.7. The Labute approximate surface area is 812 Å². The van der Waals surface area contributed by atoms with E-state index in [0.717, 1.165) is 71.7 Å². The van der Waals surface area contributed by atoms with Crippen LogP contribution in [0.3, 0.4) is 0 Å². The Morgan fingerprint density at radius 3 is 0.956 bits per heavy atom. The Kier molecular flexibility index (Phi) is 50.7. The molecule has 6 bridgehead atoms. The first kappa shape index (κ1) is 115. The maximum atomic E-state index is 15.6. The van der Waals surface area contributed by atoms with Crippen LogP contribution in [-0.2, 0) is 92.7 Å². The molecule has 35 N–H and O–H groups in total. The number of rotatable bonds is 25. The third-order valence-corrected chi connectivity index (χ3v) is 28.7. The topological polar surface area (TPSA) is 792 Å². The summed E-state index contributed by atoms with van der Waals surface area (Å²) in [5.41, 5.74) is 22.8. The van der Waals surface area contributed by atoms with Crippen molar-refractivity contribution in [3.8, 4) is 0 Å². The summed E-state index contributed by atoms with van der Waals surface area (Å²) in [7, 11) is 4.98. The van der Waals surface area contributed by atoms with Gasteiger partial charge in [0.1, 0.15) is 96.7 Å². The molecule has 0 radical (unpaired) electrons. The molecular formula is C81H134N30O19S6. The number of hydrogen-bond acceptors (Lipinski definition) is 29. The van der Waals surface area contributed by atoms with Crippen LogP contribution in [-0.4, -0.2) is 312 Å². The lowest BCUT2D eigenvalue weighted by Crippen LogP contribution is -2.63. The zero-order chi connectivity index (χ0) is 101. The molecule has 0 saturated carbocycles. The number of carbonyl (C=O) groups is 18. The lowest BCUT2D eigenvalue weighted by Gasteiger charge is -2.31. The van der Waals surface area contributed by atoms with Gasteiger partial charge in [0.2, 0.25) is 106 Å². The average molecular weight is 2020 g/mol. The summed E-state index contributed by atoms with van der Waals surface area (Å²) in [4.78, 5) is 270. The molecule has 55 heteroatoms. The van der Waals surface area contributed by atoms with E-state index in [1.165, 1.54) is 13.8 Å². The maximum Gasteiger partial charge on any atom is 0.245 e. The number of nitrogens with two attached hydrogens (primary N) is 4. The van der Waals surface area contributed by atoms with Crippen LogP contribution in [0.15, 0.2) is 30.3 Å². The van der Waals surface area contributed by atoms with Gasteiger partial charge in [0.05, 0.1) is 19.2 Å². The molecular weight excluding hydrogens is 1890 g/mol. The van der Waals surface area contributed by atoms with Crippen molar-refractivity contribution in [1.82, 2.24) is 117 Å². The number of amides is 18. The van der Waals surface area contributed by atoms with Crippen molar-refractivity contribution >= 4 is 195 Å². The normalized spacial score (nSPS) is 26.6. The molecule has 4 aliphatic heterocycles. The smallest absolute Gasteiger partial charge is 0.245 e. The van der Waals surface area contributed by atoms with Gasteiger partial charge in [0.25, 0.3) is 0 Å². The summed E-state index contributed by atoms with van der Waals surface area (Å²) in [6.07, 6.45) is -2.92. The Morgan fingerprint density at radius 2 is 0.610 bits per heavy atom. The first-order chi connectivity index (χ1) is 64.4. The predicted octanol–water partition coefficient (Wildman–Crippen LogP) is -7.75. The standard InChI is InChI=1S/C81H134N30O19S6/c1-10-41(8)60-76(129)107-55-37-136-134-35-53(104-67(120)49(29-43-18-12-11-13-19-43)96-56(113)30-94-63(116)45(21-15-25-91-79(84)85)100-77(130)61(42(9)112)111-73(55)126)71(124)109-59(40(6)7)75(128)106-52-34-133-135-36-54(72(125)110-60)102-65(118)47(23-17-27-93-81(88)89)99-69(122)51-33-132-131-32-50(103-66(119)48(28-38(2)3)101-70(52)123)68(121)98-46(22-16-26-92-80(86)87)64(117)97-44(20-14-24-90-78(82)83)62(115)95-31-57(114)108-58(39(4)5)74(127)105-51/h11-13,18-19,38-42,44-55,58-61,112H,10,14-17,20-37H2,1-9H3,(H,94,116)(H,95,115)(H,96,113)(H,97,117)(H,98,121)(H,99,122)(H,100,130)(H,101,123)(H,102,118)(H,103,119)(H,104,120)(H,105,127)(H,106,128)(H,107,129)(H,108,114)(H,109,124)(H,110,125)(H,111,126)(H4,82,83,90)(H4,84,85,91)(H4,86,87,92)(H4,88,89,93)/t41-,42+,44-,45-,46-,47-,48-,49-,50-,51-,52-,53-,54-,55-,58-,59-,60-,61-/m0/s1. The van der Waals surface area contributed by atoms with Crippen LogP contribution in [0, 0.1) is 45.3 Å². The van der Waals surface area contributed by atoms with E-state index in [9.17, 15) is 38.7 Å². The summed E-state index contributed by atoms with van der Waals surface area (Å²) in [5, 5.41) is 100. The predicted molar refractivity (Wildman–Crippen MR) is 519 cm³/mol. The fourth-order valence-corrected chi connectivity index (χ4v) is 20.7. The van der Waals surface area contributed by atoms with Crippen LogP contribution in [0.2, 0.25) is 0 Å². The molecule has 18 amide bonds. The van der Waals surface area contributed by atoms with Crippen molar-refractivity contribution in [2.75, 3.05) is 73.8 Å². The molecule has 4 aliphatic rings. The molecule has 758 valence electrons.